The molecule has 1 aromatic heterocycles. The summed E-state index contributed by atoms with van der Waals surface area (Å²) in [5.74, 6) is 0. The molecular formula is C12H17BrN2. The monoisotopic (exact) mass is 268 g/mol. The molecule has 0 unspecified atom stereocenters. The largest absolute Gasteiger partial charge is 0.295 e. The number of halogens is 1. The zero-order valence-corrected chi connectivity index (χ0v) is 10.7. The van der Waals surface area contributed by atoms with E-state index in [0.29, 0.717) is 0 Å². The molecular weight excluding hydrogens is 252 g/mol. The third-order valence-corrected chi connectivity index (χ3v) is 3.11. The summed E-state index contributed by atoms with van der Waals surface area (Å²) in [4.78, 5) is 6.79. The molecule has 0 amide bonds. The van der Waals surface area contributed by atoms with E-state index < -0.39 is 0 Å². The molecule has 0 radical (unpaired) electrons. The Balaban J connectivity index is 1.98. The van der Waals surface area contributed by atoms with E-state index in [2.05, 4.69) is 38.8 Å². The molecule has 0 saturated heterocycles. The van der Waals surface area contributed by atoms with Crippen LogP contribution in [0.4, 0.5) is 0 Å². The lowest BCUT2D eigenvalue weighted by Gasteiger charge is -2.20. The van der Waals surface area contributed by atoms with Crippen LogP contribution in [0.3, 0.4) is 0 Å². The van der Waals surface area contributed by atoms with Crippen LogP contribution in [-0.2, 0) is 6.54 Å². The minimum Gasteiger partial charge on any atom is -0.295 e. The van der Waals surface area contributed by atoms with Crippen molar-refractivity contribution in [3.63, 3.8) is 0 Å². The summed E-state index contributed by atoms with van der Waals surface area (Å²) < 4.78 is 0. The van der Waals surface area contributed by atoms with Crippen molar-refractivity contribution < 1.29 is 0 Å². The van der Waals surface area contributed by atoms with Crippen LogP contribution in [0, 0.1) is 6.92 Å². The Morgan fingerprint density at radius 3 is 2.87 bits per heavy atom. The van der Waals surface area contributed by atoms with Gasteiger partial charge in [0.25, 0.3) is 0 Å². The summed E-state index contributed by atoms with van der Waals surface area (Å²) in [5, 5.41) is 1.06. The fourth-order valence-electron chi connectivity index (χ4n) is 1.88. The van der Waals surface area contributed by atoms with Gasteiger partial charge in [0.1, 0.15) is 0 Å². The van der Waals surface area contributed by atoms with Crippen molar-refractivity contribution in [2.24, 2.45) is 0 Å². The molecule has 1 aromatic rings. The topological polar surface area (TPSA) is 16.1 Å². The van der Waals surface area contributed by atoms with Crippen molar-refractivity contribution in [1.82, 2.24) is 9.88 Å². The van der Waals surface area contributed by atoms with Crippen LogP contribution in [0.1, 0.15) is 24.0 Å². The van der Waals surface area contributed by atoms with Gasteiger partial charge in [-0.2, -0.15) is 0 Å². The van der Waals surface area contributed by atoms with Crippen LogP contribution in [0.15, 0.2) is 18.5 Å². The molecule has 0 bridgehead atoms. The molecule has 0 aromatic carbocycles. The number of aromatic nitrogens is 1. The van der Waals surface area contributed by atoms with E-state index in [9.17, 15) is 0 Å². The van der Waals surface area contributed by atoms with Crippen molar-refractivity contribution in [1.29, 1.82) is 0 Å². The second-order valence-electron chi connectivity index (χ2n) is 4.26. The van der Waals surface area contributed by atoms with Crippen LogP contribution in [0.2, 0.25) is 0 Å². The molecule has 1 saturated carbocycles. The Morgan fingerprint density at radius 1 is 1.47 bits per heavy atom. The first-order valence-corrected chi connectivity index (χ1v) is 6.62. The first-order chi connectivity index (χ1) is 7.29. The summed E-state index contributed by atoms with van der Waals surface area (Å²) in [7, 11) is 0. The van der Waals surface area contributed by atoms with Gasteiger partial charge in [0.05, 0.1) is 0 Å². The maximum absolute atomic E-state index is 4.24. The fraction of sp³-hybridized carbons (Fsp3) is 0.583. The van der Waals surface area contributed by atoms with E-state index in [1.165, 1.54) is 24.0 Å². The van der Waals surface area contributed by atoms with Crippen molar-refractivity contribution in [2.75, 3.05) is 11.9 Å². The van der Waals surface area contributed by atoms with Crippen LogP contribution < -0.4 is 0 Å². The molecule has 0 spiro atoms. The van der Waals surface area contributed by atoms with Gasteiger partial charge in [-0.3, -0.25) is 9.88 Å². The maximum atomic E-state index is 4.24. The Kier molecular flexibility index (Phi) is 3.76. The number of hydrogen-bond donors (Lipinski definition) is 0. The second-order valence-corrected chi connectivity index (χ2v) is 5.05. The van der Waals surface area contributed by atoms with E-state index >= 15 is 0 Å². The minimum atomic E-state index is 0.822. The Bertz CT molecular complexity index is 323. The Labute approximate surface area is 99.8 Å². The average molecular weight is 269 g/mol. The van der Waals surface area contributed by atoms with Gasteiger partial charge in [-0.05, 0) is 30.9 Å². The highest BCUT2D eigenvalue weighted by atomic mass is 79.9. The normalized spacial score (nSPS) is 15.9. The van der Waals surface area contributed by atoms with Gasteiger partial charge in [0, 0.05) is 36.9 Å². The summed E-state index contributed by atoms with van der Waals surface area (Å²) >= 11 is 3.52. The average Bonchev–Trinajstić information content (AvgIpc) is 3.00. The fourth-order valence-corrected chi connectivity index (χ4v) is 2.33. The molecule has 0 N–H and O–H groups in total. The minimum absolute atomic E-state index is 0.822. The van der Waals surface area contributed by atoms with Crippen molar-refractivity contribution in [2.45, 2.75) is 32.4 Å². The first kappa shape index (κ1) is 11.1. The zero-order chi connectivity index (χ0) is 10.7. The van der Waals surface area contributed by atoms with E-state index in [4.69, 9.17) is 0 Å². The van der Waals surface area contributed by atoms with Gasteiger partial charge in [0.2, 0.25) is 0 Å². The van der Waals surface area contributed by atoms with Gasteiger partial charge in [-0.15, -0.1) is 0 Å². The molecule has 0 atom stereocenters. The smallest absolute Gasteiger partial charge is 0.0313 e. The number of pyridine rings is 1. The third kappa shape index (κ3) is 3.28. The lowest BCUT2D eigenvalue weighted by molar-refractivity contribution is 0.272. The van der Waals surface area contributed by atoms with Crippen molar-refractivity contribution in [3.8, 4) is 0 Å². The maximum Gasteiger partial charge on any atom is 0.0313 e. The highest BCUT2D eigenvalue weighted by molar-refractivity contribution is 9.09. The van der Waals surface area contributed by atoms with Crippen LogP contribution in [0.25, 0.3) is 0 Å². The third-order valence-electron chi connectivity index (χ3n) is 2.75. The van der Waals surface area contributed by atoms with Gasteiger partial charge in [-0.25, -0.2) is 0 Å². The number of alkyl halides is 1. The lowest BCUT2D eigenvalue weighted by Crippen LogP contribution is -2.27. The summed E-state index contributed by atoms with van der Waals surface area (Å²) in [6.07, 6.45) is 6.63. The lowest BCUT2D eigenvalue weighted by atomic mass is 10.2. The molecule has 82 valence electrons. The predicted molar refractivity (Wildman–Crippen MR) is 66.2 cm³/mol. The van der Waals surface area contributed by atoms with E-state index in [1.54, 1.807) is 0 Å². The molecule has 15 heavy (non-hydrogen) atoms. The molecule has 1 aliphatic rings. The molecule has 3 heteroatoms. The van der Waals surface area contributed by atoms with Gasteiger partial charge < -0.3 is 0 Å². The van der Waals surface area contributed by atoms with Crippen LogP contribution >= 0.6 is 15.9 Å². The number of hydrogen-bond acceptors (Lipinski definition) is 2. The summed E-state index contributed by atoms with van der Waals surface area (Å²) in [6.45, 7) is 4.28. The van der Waals surface area contributed by atoms with Crippen molar-refractivity contribution >= 4 is 15.9 Å². The number of rotatable bonds is 5. The van der Waals surface area contributed by atoms with Crippen molar-refractivity contribution in [3.05, 3.63) is 29.6 Å². The number of nitrogens with zero attached hydrogens (tertiary/aromatic N) is 2. The SMILES string of the molecule is Cc1cncc(CN(CCBr)C2CC2)c1. The van der Waals surface area contributed by atoms with Gasteiger partial charge in [0.15, 0.2) is 0 Å². The summed E-state index contributed by atoms with van der Waals surface area (Å²) in [6, 6.07) is 3.06. The zero-order valence-electron chi connectivity index (χ0n) is 9.12. The Morgan fingerprint density at radius 2 is 2.27 bits per heavy atom. The molecule has 1 aliphatic carbocycles. The van der Waals surface area contributed by atoms with E-state index in [1.807, 2.05) is 12.4 Å². The second kappa shape index (κ2) is 5.08. The molecule has 1 heterocycles. The van der Waals surface area contributed by atoms with E-state index in [0.717, 1.165) is 24.5 Å². The summed E-state index contributed by atoms with van der Waals surface area (Å²) in [5.41, 5.74) is 2.59. The molecule has 0 aliphatic heterocycles. The van der Waals surface area contributed by atoms with Gasteiger partial charge >= 0.3 is 0 Å². The predicted octanol–water partition coefficient (Wildman–Crippen LogP) is 2.75. The molecule has 2 rings (SSSR count). The Hall–Kier alpha value is -0.410. The highest BCUT2D eigenvalue weighted by Gasteiger charge is 2.28. The number of aryl methyl sites for hydroxylation is 1. The van der Waals surface area contributed by atoms with Crippen LogP contribution in [-0.4, -0.2) is 27.8 Å². The molecule has 2 nitrogen and oxygen atoms in total. The van der Waals surface area contributed by atoms with Crippen LogP contribution in [0.5, 0.6) is 0 Å². The quantitative estimate of drug-likeness (QED) is 0.764. The standard InChI is InChI=1S/C12H17BrN2/c1-10-6-11(8-14-7-10)9-15(5-4-13)12-2-3-12/h6-8,12H,2-5,9H2,1H3. The van der Waals surface area contributed by atoms with Gasteiger partial charge in [-0.1, -0.05) is 22.0 Å². The first-order valence-electron chi connectivity index (χ1n) is 5.50. The molecule has 1 fully saturated rings. The van der Waals surface area contributed by atoms with E-state index in [-0.39, 0.29) is 0 Å². The highest BCUT2D eigenvalue weighted by Crippen LogP contribution is 2.28.